The van der Waals surface area contributed by atoms with Gasteiger partial charge in [-0.25, -0.2) is 14.4 Å². The zero-order valence-corrected chi connectivity index (χ0v) is 13.2. The summed E-state index contributed by atoms with van der Waals surface area (Å²) in [5.41, 5.74) is -2.12. The number of para-hydroxylation sites is 1. The Balaban J connectivity index is 2.23. The molecule has 1 unspecified atom stereocenters. The predicted octanol–water partition coefficient (Wildman–Crippen LogP) is 1.40. The van der Waals surface area contributed by atoms with E-state index in [-0.39, 0.29) is 11.5 Å². The van der Waals surface area contributed by atoms with Gasteiger partial charge in [0.25, 0.3) is 5.91 Å². The van der Waals surface area contributed by atoms with E-state index in [9.17, 15) is 9.18 Å². The summed E-state index contributed by atoms with van der Waals surface area (Å²) < 4.78 is 58.4. The Kier molecular flexibility index (Phi) is 3.17. The maximum Gasteiger partial charge on any atom is 0.261 e. The average molecular weight is 362 g/mol. The van der Waals surface area contributed by atoms with Crippen LogP contribution in [0.3, 0.4) is 0 Å². The van der Waals surface area contributed by atoms with E-state index in [1.165, 1.54) is 30.5 Å². The first-order chi connectivity index (χ1) is 14.9. The molecule has 8 nitrogen and oxygen atoms in total. The third-order valence-electron chi connectivity index (χ3n) is 3.57. The Morgan fingerprint density at radius 3 is 2.81 bits per heavy atom. The summed E-state index contributed by atoms with van der Waals surface area (Å²) >= 11 is 0. The molecule has 0 saturated carbocycles. The fourth-order valence-corrected chi connectivity index (χ4v) is 2.42. The quantitative estimate of drug-likeness (QED) is 0.810. The number of aromatic nitrogens is 2. The van der Waals surface area contributed by atoms with Gasteiger partial charge in [-0.3, -0.25) is 9.63 Å². The number of carbonyl (C=O) groups is 1. The molecule has 2 heterocycles. The molecular formula is C17H17FN6O2. The lowest BCUT2D eigenvalue weighted by Gasteiger charge is -2.43. The number of hydrazone groups is 1. The van der Waals surface area contributed by atoms with Gasteiger partial charge in [0.1, 0.15) is 0 Å². The zero-order valence-electron chi connectivity index (χ0n) is 19.2. The van der Waals surface area contributed by atoms with Gasteiger partial charge in [0, 0.05) is 17.3 Å². The first-order valence-electron chi connectivity index (χ1n) is 10.3. The van der Waals surface area contributed by atoms with Gasteiger partial charge in [0.2, 0.25) is 5.54 Å². The Labute approximate surface area is 158 Å². The van der Waals surface area contributed by atoms with Crippen LogP contribution in [-0.2, 0) is 15.2 Å². The van der Waals surface area contributed by atoms with Crippen LogP contribution in [0.2, 0.25) is 0 Å². The van der Waals surface area contributed by atoms with Crippen LogP contribution in [0, 0.1) is 5.82 Å². The molecule has 1 N–H and O–H groups in total. The summed E-state index contributed by atoms with van der Waals surface area (Å²) in [6.07, 6.45) is 5.25. The number of hydrazine groups is 1. The molecule has 1 aliphatic heterocycles. The molecule has 0 fully saturated rings. The van der Waals surface area contributed by atoms with Gasteiger partial charge in [-0.05, 0) is 24.3 Å². The Morgan fingerprint density at radius 2 is 2.12 bits per heavy atom. The number of anilines is 1. The van der Waals surface area contributed by atoms with Crippen LogP contribution >= 0.6 is 0 Å². The second kappa shape index (κ2) is 7.28. The van der Waals surface area contributed by atoms with Crippen molar-refractivity contribution in [2.45, 2.75) is 5.54 Å². The molecule has 1 aromatic heterocycles. The molecule has 1 aromatic carbocycles. The van der Waals surface area contributed by atoms with Crippen molar-refractivity contribution < 1.29 is 22.2 Å². The van der Waals surface area contributed by atoms with Crippen molar-refractivity contribution >= 4 is 17.8 Å². The Bertz CT molecular complexity index is 1010. The van der Waals surface area contributed by atoms with Crippen molar-refractivity contribution in [1.29, 1.82) is 0 Å². The largest absolute Gasteiger partial charge is 0.356 e. The second-order valence-corrected chi connectivity index (χ2v) is 5.06. The smallest absolute Gasteiger partial charge is 0.261 e. The number of nitrogens with one attached hydrogen (secondary N) is 1. The number of hydrogen-bond acceptors (Lipinski definition) is 7. The number of allylic oxidation sites excluding steroid dienone is 1. The predicted molar refractivity (Wildman–Crippen MR) is 93.1 cm³/mol. The van der Waals surface area contributed by atoms with E-state index in [0.717, 1.165) is 17.5 Å². The number of halogens is 1. The van der Waals surface area contributed by atoms with Gasteiger partial charge in [-0.2, -0.15) is 10.2 Å². The number of carbonyl (C=O) groups excluding carboxylic acids is 1. The van der Waals surface area contributed by atoms with Gasteiger partial charge in [0.15, 0.2) is 11.6 Å². The minimum Gasteiger partial charge on any atom is -0.356 e. The highest BCUT2D eigenvalue weighted by molar-refractivity contribution is 5.91. The number of amides is 1. The van der Waals surface area contributed by atoms with Gasteiger partial charge in [-0.1, -0.05) is 18.2 Å². The van der Waals surface area contributed by atoms with Gasteiger partial charge < -0.3 is 5.32 Å². The monoisotopic (exact) mass is 362 g/mol. The fourth-order valence-electron chi connectivity index (χ4n) is 2.42. The van der Waals surface area contributed by atoms with E-state index in [1.54, 1.807) is 18.2 Å². The molecule has 26 heavy (non-hydrogen) atoms. The van der Waals surface area contributed by atoms with E-state index < -0.39 is 31.3 Å². The van der Waals surface area contributed by atoms with Crippen molar-refractivity contribution in [1.82, 2.24) is 20.4 Å². The maximum atomic E-state index is 13.5. The summed E-state index contributed by atoms with van der Waals surface area (Å²) in [6.45, 7) is -2.92. The van der Waals surface area contributed by atoms with Gasteiger partial charge in [-0.15, -0.1) is 5.17 Å². The first-order valence-corrected chi connectivity index (χ1v) is 7.29. The summed E-state index contributed by atoms with van der Waals surface area (Å²) in [5, 5.41) is 7.35. The van der Waals surface area contributed by atoms with Crippen LogP contribution in [-0.4, -0.2) is 41.2 Å². The summed E-state index contributed by atoms with van der Waals surface area (Å²) in [7, 11) is -3.00. The van der Waals surface area contributed by atoms with Gasteiger partial charge in [0.05, 0.1) is 29.2 Å². The number of likely N-dealkylation sites (N-methyl/N-ethyl adjacent to an activating group) is 1. The van der Waals surface area contributed by atoms with Crippen LogP contribution in [0.15, 0.2) is 60.0 Å². The van der Waals surface area contributed by atoms with Crippen molar-refractivity contribution in [3.05, 3.63) is 66.5 Å². The third-order valence-corrected chi connectivity index (χ3v) is 3.57. The summed E-state index contributed by atoms with van der Waals surface area (Å²) in [4.78, 5) is 26.1. The molecule has 1 amide bonds. The summed E-state index contributed by atoms with van der Waals surface area (Å²) in [6, 6.07) is 7.75. The molecule has 3 rings (SSSR count). The number of rotatable bonds is 5. The highest BCUT2D eigenvalue weighted by atomic mass is 19.1. The molecule has 1 aliphatic rings. The molecule has 134 valence electrons. The lowest BCUT2D eigenvalue weighted by Crippen LogP contribution is -2.60. The van der Waals surface area contributed by atoms with Crippen molar-refractivity contribution in [2.24, 2.45) is 5.10 Å². The molecule has 0 spiro atoms. The lowest BCUT2D eigenvalue weighted by molar-refractivity contribution is -0.137. The SMILES string of the molecule is [2H]C([2H])([2H])NC(=O)C1(c2ncc(F)cn2)C=CC=NN1N(OC([2H])([2H])[2H])c1ccccc1. The number of nitrogens with zero attached hydrogens (tertiary/aromatic N) is 5. The molecule has 0 saturated heterocycles. The topological polar surface area (TPSA) is 83.0 Å². The number of hydrogen-bond donors (Lipinski definition) is 1. The van der Waals surface area contributed by atoms with Crippen molar-refractivity contribution in [2.75, 3.05) is 19.2 Å². The zero-order chi connectivity index (χ0) is 23.6. The summed E-state index contributed by atoms with van der Waals surface area (Å²) in [5.74, 6) is -2.38. The van der Waals surface area contributed by atoms with E-state index in [4.69, 9.17) is 13.1 Å². The van der Waals surface area contributed by atoms with Crippen molar-refractivity contribution in [3.8, 4) is 0 Å². The van der Waals surface area contributed by atoms with E-state index in [1.807, 2.05) is 5.32 Å². The molecule has 0 aliphatic carbocycles. The molecule has 0 radical (unpaired) electrons. The van der Waals surface area contributed by atoms with Gasteiger partial charge >= 0.3 is 0 Å². The molecule has 9 heteroatoms. The highest BCUT2D eigenvalue weighted by Crippen LogP contribution is 2.34. The van der Waals surface area contributed by atoms with Crippen molar-refractivity contribution in [3.63, 3.8) is 0 Å². The Morgan fingerprint density at radius 1 is 1.35 bits per heavy atom. The first kappa shape index (κ1) is 11.3. The molecule has 0 bridgehead atoms. The van der Waals surface area contributed by atoms with E-state index in [0.29, 0.717) is 5.17 Å². The normalized spacial score (nSPS) is 23.0. The Hall–Kier alpha value is -3.33. The minimum absolute atomic E-state index is 0.129. The average Bonchev–Trinajstić information content (AvgIpc) is 2.71. The maximum absolute atomic E-state index is 13.5. The lowest BCUT2D eigenvalue weighted by atomic mass is 9.95. The van der Waals surface area contributed by atoms with Crippen LogP contribution in [0.25, 0.3) is 0 Å². The standard InChI is InChI=1S/C17H17FN6O2/c1-19-16(25)17(15-20-11-13(18)12-21-15)9-6-10-22-24(17)23(26-2)14-7-4-3-5-8-14/h3-12H,1-2H3,(H,19,25)/i1D3,2D3. The molecule has 2 aromatic rings. The highest BCUT2D eigenvalue weighted by Gasteiger charge is 2.50. The van der Waals surface area contributed by atoms with Crippen LogP contribution in [0.1, 0.15) is 14.0 Å². The van der Waals surface area contributed by atoms with Crippen LogP contribution in [0.5, 0.6) is 0 Å². The van der Waals surface area contributed by atoms with Crippen LogP contribution < -0.4 is 10.5 Å². The molecular weight excluding hydrogens is 339 g/mol. The second-order valence-electron chi connectivity index (χ2n) is 5.06. The fraction of sp³-hybridized carbons (Fsp3) is 0.176. The third kappa shape index (κ3) is 2.88. The van der Waals surface area contributed by atoms with Crippen LogP contribution in [0.4, 0.5) is 10.1 Å². The number of benzene rings is 1. The molecule has 1 atom stereocenters. The van der Waals surface area contributed by atoms with E-state index in [2.05, 4.69) is 15.1 Å². The minimum atomic E-state index is -3.00. The van der Waals surface area contributed by atoms with E-state index >= 15 is 0 Å².